The fourth-order valence-corrected chi connectivity index (χ4v) is 3.28. The van der Waals surface area contributed by atoms with Crippen molar-refractivity contribution in [2.45, 2.75) is 12.5 Å². The lowest BCUT2D eigenvalue weighted by Crippen LogP contribution is -3.18. The van der Waals surface area contributed by atoms with Crippen molar-refractivity contribution in [3.05, 3.63) is 28.7 Å². The van der Waals surface area contributed by atoms with Gasteiger partial charge in [-0.2, -0.15) is 0 Å². The standard InChI is InChI=1S/C14H15BrN2O3/c15-10-3-1-2-4-11(10)17-13(18)9-12(14(17)19)16-5-7-20-8-6-16/h1-4,12H,5-9H2/p+1/t12-/m0/s1. The van der Waals surface area contributed by atoms with Crippen LogP contribution in [-0.4, -0.2) is 44.2 Å². The zero-order valence-electron chi connectivity index (χ0n) is 11.0. The van der Waals surface area contributed by atoms with Crippen LogP contribution in [0.2, 0.25) is 0 Å². The highest BCUT2D eigenvalue weighted by Crippen LogP contribution is 2.29. The molecule has 2 fully saturated rings. The van der Waals surface area contributed by atoms with E-state index in [4.69, 9.17) is 4.74 Å². The number of carbonyl (C=O) groups is 2. The average Bonchev–Trinajstić information content (AvgIpc) is 2.76. The van der Waals surface area contributed by atoms with E-state index in [9.17, 15) is 9.59 Å². The second-order valence-electron chi connectivity index (χ2n) is 5.05. The van der Waals surface area contributed by atoms with Gasteiger partial charge in [-0.3, -0.25) is 9.59 Å². The first-order valence-electron chi connectivity index (χ1n) is 6.72. The average molecular weight is 340 g/mol. The van der Waals surface area contributed by atoms with Crippen molar-refractivity contribution in [3.63, 3.8) is 0 Å². The molecule has 2 heterocycles. The van der Waals surface area contributed by atoms with Crippen LogP contribution in [0, 0.1) is 0 Å². The number of imide groups is 1. The summed E-state index contributed by atoms with van der Waals surface area (Å²) in [6.45, 7) is 2.88. The number of benzene rings is 1. The fourth-order valence-electron chi connectivity index (χ4n) is 2.82. The lowest BCUT2D eigenvalue weighted by molar-refractivity contribution is -0.922. The molecule has 6 heteroatoms. The zero-order valence-corrected chi connectivity index (χ0v) is 12.6. The number of nitrogens with zero attached hydrogens (tertiary/aromatic N) is 1. The van der Waals surface area contributed by atoms with Gasteiger partial charge in [-0.25, -0.2) is 4.90 Å². The van der Waals surface area contributed by atoms with Crippen molar-refractivity contribution >= 4 is 33.4 Å². The maximum absolute atomic E-state index is 12.6. The van der Waals surface area contributed by atoms with E-state index in [0.29, 0.717) is 18.9 Å². The molecule has 5 nitrogen and oxygen atoms in total. The van der Waals surface area contributed by atoms with Crippen LogP contribution >= 0.6 is 15.9 Å². The summed E-state index contributed by atoms with van der Waals surface area (Å²) in [5, 5.41) is 0. The molecule has 0 bridgehead atoms. The van der Waals surface area contributed by atoms with E-state index in [2.05, 4.69) is 15.9 Å². The number of anilines is 1. The Morgan fingerprint density at radius 1 is 1.20 bits per heavy atom. The predicted octanol–water partition coefficient (Wildman–Crippen LogP) is -0.00390. The van der Waals surface area contributed by atoms with Gasteiger partial charge in [-0.1, -0.05) is 12.1 Å². The van der Waals surface area contributed by atoms with Gasteiger partial charge in [0.2, 0.25) is 5.91 Å². The Kier molecular flexibility index (Phi) is 3.87. The van der Waals surface area contributed by atoms with Gasteiger partial charge < -0.3 is 9.64 Å². The Balaban J connectivity index is 1.85. The van der Waals surface area contributed by atoms with Crippen molar-refractivity contribution in [2.24, 2.45) is 0 Å². The molecule has 2 amide bonds. The third-order valence-corrected chi connectivity index (χ3v) is 4.54. The summed E-state index contributed by atoms with van der Waals surface area (Å²) < 4.78 is 6.08. The van der Waals surface area contributed by atoms with Crippen molar-refractivity contribution in [1.29, 1.82) is 0 Å². The van der Waals surface area contributed by atoms with Gasteiger partial charge in [-0.15, -0.1) is 0 Å². The Hall–Kier alpha value is -1.24. The molecule has 2 aliphatic rings. The smallest absolute Gasteiger partial charge is 0.292 e. The van der Waals surface area contributed by atoms with Crippen LogP contribution in [0.5, 0.6) is 0 Å². The number of hydrogen-bond acceptors (Lipinski definition) is 3. The van der Waals surface area contributed by atoms with Crippen molar-refractivity contribution in [2.75, 3.05) is 31.2 Å². The molecule has 20 heavy (non-hydrogen) atoms. The maximum atomic E-state index is 12.6. The van der Waals surface area contributed by atoms with Crippen molar-refractivity contribution in [1.82, 2.24) is 0 Å². The van der Waals surface area contributed by atoms with Gasteiger partial charge in [0.05, 0.1) is 25.3 Å². The van der Waals surface area contributed by atoms with Crippen LogP contribution in [0.15, 0.2) is 28.7 Å². The number of hydrogen-bond donors (Lipinski definition) is 1. The summed E-state index contributed by atoms with van der Waals surface area (Å²) in [5.74, 6) is -0.218. The summed E-state index contributed by atoms with van der Waals surface area (Å²) in [5.41, 5.74) is 0.637. The molecule has 2 saturated heterocycles. The van der Waals surface area contributed by atoms with Gasteiger partial charge >= 0.3 is 0 Å². The third-order valence-electron chi connectivity index (χ3n) is 3.87. The minimum atomic E-state index is -0.265. The first kappa shape index (κ1) is 13.7. The molecule has 2 aliphatic heterocycles. The lowest BCUT2D eigenvalue weighted by atomic mass is 10.2. The number of ether oxygens (including phenoxy) is 1. The highest BCUT2D eigenvalue weighted by molar-refractivity contribution is 9.10. The van der Waals surface area contributed by atoms with Crippen LogP contribution in [0.1, 0.15) is 6.42 Å². The normalized spacial score (nSPS) is 24.4. The number of quaternary nitrogens is 1. The monoisotopic (exact) mass is 339 g/mol. The molecular formula is C14H16BrN2O3+. The maximum Gasteiger partial charge on any atom is 0.292 e. The summed E-state index contributed by atoms with van der Waals surface area (Å²) in [6, 6.07) is 7.05. The summed E-state index contributed by atoms with van der Waals surface area (Å²) in [4.78, 5) is 27.3. The highest BCUT2D eigenvalue weighted by Gasteiger charge is 2.46. The van der Waals surface area contributed by atoms with Crippen LogP contribution in [-0.2, 0) is 14.3 Å². The number of amides is 2. The molecular weight excluding hydrogens is 324 g/mol. The van der Waals surface area contributed by atoms with E-state index in [1.165, 1.54) is 4.90 Å². The molecule has 106 valence electrons. The van der Waals surface area contributed by atoms with Gasteiger partial charge in [-0.05, 0) is 28.1 Å². The number of para-hydroxylation sites is 1. The molecule has 0 aliphatic carbocycles. The molecule has 0 unspecified atom stereocenters. The number of morpholine rings is 1. The Labute approximate surface area is 125 Å². The van der Waals surface area contributed by atoms with Crippen LogP contribution in [0.4, 0.5) is 5.69 Å². The minimum Gasteiger partial charge on any atom is -0.370 e. The lowest BCUT2D eigenvalue weighted by Gasteiger charge is -2.27. The topological polar surface area (TPSA) is 51.1 Å². The Bertz CT molecular complexity index is 543. The largest absolute Gasteiger partial charge is 0.370 e. The van der Waals surface area contributed by atoms with Crippen LogP contribution in [0.3, 0.4) is 0 Å². The Morgan fingerprint density at radius 2 is 1.90 bits per heavy atom. The summed E-state index contributed by atoms with van der Waals surface area (Å²) in [7, 11) is 0. The molecule has 3 rings (SSSR count). The minimum absolute atomic E-state index is 0.0983. The molecule has 0 radical (unpaired) electrons. The second kappa shape index (κ2) is 5.63. The molecule has 0 saturated carbocycles. The van der Waals surface area contributed by atoms with Gasteiger partial charge in [0.15, 0.2) is 6.04 Å². The molecule has 1 atom stereocenters. The summed E-state index contributed by atoms with van der Waals surface area (Å²) >= 11 is 3.40. The molecule has 1 aromatic carbocycles. The van der Waals surface area contributed by atoms with E-state index in [1.54, 1.807) is 6.07 Å². The van der Waals surface area contributed by atoms with Gasteiger partial charge in [0.25, 0.3) is 5.91 Å². The zero-order chi connectivity index (χ0) is 14.1. The molecule has 0 spiro atoms. The van der Waals surface area contributed by atoms with E-state index in [-0.39, 0.29) is 24.3 Å². The van der Waals surface area contributed by atoms with Gasteiger partial charge in [0.1, 0.15) is 13.1 Å². The Morgan fingerprint density at radius 3 is 2.60 bits per heavy atom. The SMILES string of the molecule is O=C1C[C@H]([NH+]2CCOCC2)C(=O)N1c1ccccc1Br. The molecule has 1 N–H and O–H groups in total. The van der Waals surface area contributed by atoms with E-state index < -0.39 is 0 Å². The third kappa shape index (κ3) is 2.39. The number of carbonyl (C=O) groups excluding carboxylic acids is 2. The number of halogens is 1. The first-order chi connectivity index (χ1) is 9.68. The van der Waals surface area contributed by atoms with Crippen molar-refractivity contribution in [3.8, 4) is 0 Å². The quantitative estimate of drug-likeness (QED) is 0.771. The molecule has 0 aromatic heterocycles. The van der Waals surface area contributed by atoms with E-state index in [1.807, 2.05) is 18.2 Å². The predicted molar refractivity (Wildman–Crippen MR) is 76.6 cm³/mol. The number of rotatable bonds is 2. The second-order valence-corrected chi connectivity index (χ2v) is 5.90. The van der Waals surface area contributed by atoms with Crippen molar-refractivity contribution < 1.29 is 19.2 Å². The van der Waals surface area contributed by atoms with Crippen LogP contribution < -0.4 is 9.80 Å². The first-order valence-corrected chi connectivity index (χ1v) is 7.51. The highest BCUT2D eigenvalue weighted by atomic mass is 79.9. The number of nitrogens with one attached hydrogen (secondary N) is 1. The molecule has 1 aromatic rings. The fraction of sp³-hybridized carbons (Fsp3) is 0.429. The van der Waals surface area contributed by atoms with E-state index in [0.717, 1.165) is 22.5 Å². The summed E-state index contributed by atoms with van der Waals surface area (Å²) in [6.07, 6.45) is 0.287. The van der Waals surface area contributed by atoms with E-state index >= 15 is 0 Å². The van der Waals surface area contributed by atoms with Gasteiger partial charge in [0, 0.05) is 4.47 Å². The van der Waals surface area contributed by atoms with Crippen LogP contribution in [0.25, 0.3) is 0 Å².